The van der Waals surface area contributed by atoms with Crippen LogP contribution in [0.25, 0.3) is 16.9 Å². The van der Waals surface area contributed by atoms with Crippen molar-refractivity contribution >= 4 is 23.4 Å². The first-order valence-electron chi connectivity index (χ1n) is 12.8. The topological polar surface area (TPSA) is 87.9 Å². The molecule has 9 nitrogen and oxygen atoms in total. The number of nitrogens with zero attached hydrogens (tertiary/aromatic N) is 6. The van der Waals surface area contributed by atoms with Crippen LogP contribution in [-0.2, 0) is 9.53 Å². The van der Waals surface area contributed by atoms with E-state index in [1.54, 1.807) is 0 Å². The number of esters is 1. The summed E-state index contributed by atoms with van der Waals surface area (Å²) in [5.41, 5.74) is 3.94. The largest absolute Gasteiger partial charge is 0.469 e. The summed E-state index contributed by atoms with van der Waals surface area (Å²) in [6, 6.07) is 17.3. The fourth-order valence-corrected chi connectivity index (χ4v) is 5.58. The van der Waals surface area contributed by atoms with Crippen molar-refractivity contribution in [1.29, 1.82) is 0 Å². The third-order valence-electron chi connectivity index (χ3n) is 7.53. The molecule has 0 amide bonds. The third kappa shape index (κ3) is 4.62. The first-order chi connectivity index (χ1) is 18.1. The number of imidazole rings is 1. The Bertz CT molecular complexity index is 1410. The van der Waals surface area contributed by atoms with E-state index in [0.29, 0.717) is 18.5 Å². The minimum atomic E-state index is -0.154. The van der Waals surface area contributed by atoms with Gasteiger partial charge in [0.1, 0.15) is 11.5 Å². The number of nitrogens with one attached hydrogen (secondary N) is 1. The Kier molecular flexibility index (Phi) is 6.21. The van der Waals surface area contributed by atoms with Crippen LogP contribution in [0.15, 0.2) is 67.1 Å². The molecule has 0 aliphatic carbocycles. The molecule has 190 valence electrons. The molecule has 0 radical (unpaired) electrons. The van der Waals surface area contributed by atoms with Gasteiger partial charge in [-0.3, -0.25) is 14.1 Å². The molecule has 1 N–H and O–H groups in total. The summed E-state index contributed by atoms with van der Waals surface area (Å²) in [6.45, 7) is 4.68. The van der Waals surface area contributed by atoms with Gasteiger partial charge in [-0.25, -0.2) is 15.0 Å². The van der Waals surface area contributed by atoms with Crippen molar-refractivity contribution in [2.75, 3.05) is 37.0 Å². The monoisotopic (exact) mass is 497 g/mol. The lowest BCUT2D eigenvalue weighted by Gasteiger charge is -2.35. The third-order valence-corrected chi connectivity index (χ3v) is 7.53. The average molecular weight is 498 g/mol. The lowest BCUT2D eigenvalue weighted by atomic mass is 10.1. The number of hydrogen-bond acceptors (Lipinski definition) is 8. The summed E-state index contributed by atoms with van der Waals surface area (Å²) < 4.78 is 6.89. The van der Waals surface area contributed by atoms with Gasteiger partial charge in [-0.15, -0.1) is 0 Å². The van der Waals surface area contributed by atoms with Crippen LogP contribution in [0.2, 0.25) is 0 Å². The van der Waals surface area contributed by atoms with Crippen LogP contribution in [0.4, 0.5) is 11.8 Å². The SMILES string of the molecule is COC(=O)CCN1CC2CC1CN2c1nc(-c2ccnc(N[C@@H](C)c3ccccc3)c2)cc2nccn12. The zero-order valence-corrected chi connectivity index (χ0v) is 21.1. The van der Waals surface area contributed by atoms with Gasteiger partial charge in [0, 0.05) is 68.0 Å². The molecule has 37 heavy (non-hydrogen) atoms. The predicted molar refractivity (Wildman–Crippen MR) is 142 cm³/mol. The normalized spacial score (nSPS) is 19.9. The summed E-state index contributed by atoms with van der Waals surface area (Å²) in [7, 11) is 1.45. The quantitative estimate of drug-likeness (QED) is 0.368. The second kappa shape index (κ2) is 9.82. The number of carbonyl (C=O) groups excluding carboxylic acids is 1. The molecule has 6 rings (SSSR count). The maximum Gasteiger partial charge on any atom is 0.306 e. The number of benzene rings is 1. The Morgan fingerprint density at radius 1 is 1.11 bits per heavy atom. The van der Waals surface area contributed by atoms with Crippen LogP contribution in [0.1, 0.15) is 31.4 Å². The van der Waals surface area contributed by atoms with E-state index in [1.165, 1.54) is 12.7 Å². The first-order valence-corrected chi connectivity index (χ1v) is 12.8. The molecule has 0 spiro atoms. The second-order valence-corrected chi connectivity index (χ2v) is 9.82. The highest BCUT2D eigenvalue weighted by molar-refractivity contribution is 5.70. The van der Waals surface area contributed by atoms with E-state index >= 15 is 0 Å². The number of likely N-dealkylation sites (tertiary alicyclic amines) is 1. The van der Waals surface area contributed by atoms with E-state index in [0.717, 1.165) is 54.7 Å². The van der Waals surface area contributed by atoms with Gasteiger partial charge >= 0.3 is 5.97 Å². The molecule has 3 aromatic heterocycles. The Morgan fingerprint density at radius 2 is 1.97 bits per heavy atom. The van der Waals surface area contributed by atoms with Crippen LogP contribution in [-0.4, -0.2) is 69.0 Å². The van der Waals surface area contributed by atoms with E-state index < -0.39 is 0 Å². The molecular weight excluding hydrogens is 466 g/mol. The predicted octanol–water partition coefficient (Wildman–Crippen LogP) is 3.79. The van der Waals surface area contributed by atoms with Gasteiger partial charge in [0.25, 0.3) is 0 Å². The van der Waals surface area contributed by atoms with Crippen LogP contribution in [0.3, 0.4) is 0 Å². The number of hydrogen-bond donors (Lipinski definition) is 1. The van der Waals surface area contributed by atoms with E-state index in [9.17, 15) is 4.79 Å². The zero-order chi connectivity index (χ0) is 25.4. The number of aromatic nitrogens is 4. The van der Waals surface area contributed by atoms with Gasteiger partial charge in [-0.05, 0) is 31.0 Å². The molecule has 4 aromatic rings. The molecule has 0 saturated carbocycles. The number of carbonyl (C=O) groups is 1. The van der Waals surface area contributed by atoms with Crippen molar-refractivity contribution in [2.24, 2.45) is 0 Å². The number of fused-ring (bicyclic) bond motifs is 3. The molecule has 1 aromatic carbocycles. The summed E-state index contributed by atoms with van der Waals surface area (Å²) in [4.78, 5) is 30.7. The zero-order valence-electron chi connectivity index (χ0n) is 21.1. The summed E-state index contributed by atoms with van der Waals surface area (Å²) >= 11 is 0. The lowest BCUT2D eigenvalue weighted by Crippen LogP contribution is -2.47. The van der Waals surface area contributed by atoms with E-state index in [4.69, 9.17) is 9.72 Å². The fraction of sp³-hybridized carbons (Fsp3) is 0.357. The standard InChI is InChI=1S/C28H31N7O2/c1-19(20-6-4-3-5-7-20)31-25-14-21(8-10-29-25)24-16-26-30-11-13-34(26)28(32-24)35-18-22-15-23(35)17-33(22)12-9-27(36)37-2/h3-8,10-11,13-14,16,19,22-23H,9,12,15,17-18H2,1-2H3,(H,29,31)/t19-,22?,23?/m0/s1. The summed E-state index contributed by atoms with van der Waals surface area (Å²) in [5, 5.41) is 3.51. The molecule has 2 saturated heterocycles. The van der Waals surface area contributed by atoms with E-state index in [-0.39, 0.29) is 12.0 Å². The minimum Gasteiger partial charge on any atom is -0.469 e. The summed E-state index contributed by atoms with van der Waals surface area (Å²) in [5.74, 6) is 1.56. The molecule has 2 bridgehead atoms. The molecule has 2 fully saturated rings. The molecular formula is C28H31N7O2. The van der Waals surface area contributed by atoms with Crippen molar-refractivity contribution in [3.8, 4) is 11.3 Å². The number of piperazine rings is 1. The smallest absolute Gasteiger partial charge is 0.306 e. The van der Waals surface area contributed by atoms with E-state index in [2.05, 4.69) is 54.6 Å². The maximum absolute atomic E-state index is 11.6. The molecule has 9 heteroatoms. The van der Waals surface area contributed by atoms with Gasteiger partial charge < -0.3 is 15.0 Å². The average Bonchev–Trinajstić information content (AvgIpc) is 3.68. The van der Waals surface area contributed by atoms with Crippen LogP contribution in [0, 0.1) is 0 Å². The molecule has 5 heterocycles. The van der Waals surface area contributed by atoms with Crippen molar-refractivity contribution in [1.82, 2.24) is 24.3 Å². The van der Waals surface area contributed by atoms with Gasteiger partial charge in [0.05, 0.1) is 19.2 Å². The second-order valence-electron chi connectivity index (χ2n) is 9.82. The van der Waals surface area contributed by atoms with Gasteiger partial charge in [-0.2, -0.15) is 0 Å². The van der Waals surface area contributed by atoms with Crippen LogP contribution < -0.4 is 10.2 Å². The van der Waals surface area contributed by atoms with Gasteiger partial charge in [-0.1, -0.05) is 30.3 Å². The van der Waals surface area contributed by atoms with Crippen molar-refractivity contribution < 1.29 is 9.53 Å². The Hall–Kier alpha value is -3.98. The number of methoxy groups -OCH3 is 1. The van der Waals surface area contributed by atoms with E-state index in [1.807, 2.05) is 48.9 Å². The minimum absolute atomic E-state index is 0.129. The highest BCUT2D eigenvalue weighted by atomic mass is 16.5. The number of anilines is 2. The van der Waals surface area contributed by atoms with Crippen molar-refractivity contribution in [2.45, 2.75) is 37.9 Å². The number of rotatable bonds is 8. The highest BCUT2D eigenvalue weighted by Crippen LogP contribution is 2.35. The number of ether oxygens (including phenoxy) is 1. The maximum atomic E-state index is 11.6. The van der Waals surface area contributed by atoms with Gasteiger partial charge in [0.15, 0.2) is 0 Å². The first kappa shape index (κ1) is 23.4. The van der Waals surface area contributed by atoms with Crippen molar-refractivity contribution in [3.05, 3.63) is 72.7 Å². The fourth-order valence-electron chi connectivity index (χ4n) is 5.58. The summed E-state index contributed by atoms with van der Waals surface area (Å²) in [6.07, 6.45) is 7.12. The van der Waals surface area contributed by atoms with Gasteiger partial charge in [0.2, 0.25) is 5.95 Å². The Morgan fingerprint density at radius 3 is 2.76 bits per heavy atom. The van der Waals surface area contributed by atoms with Crippen molar-refractivity contribution in [3.63, 3.8) is 0 Å². The number of pyridine rings is 1. The molecule has 2 aliphatic rings. The molecule has 3 atom stereocenters. The lowest BCUT2D eigenvalue weighted by molar-refractivity contribution is -0.141. The Labute approximate surface area is 216 Å². The van der Waals surface area contributed by atoms with Crippen LogP contribution in [0.5, 0.6) is 0 Å². The molecule has 2 unspecified atom stereocenters. The molecule has 2 aliphatic heterocycles. The Balaban J connectivity index is 1.24. The van der Waals surface area contributed by atoms with Crippen LogP contribution >= 0.6 is 0 Å². The highest BCUT2D eigenvalue weighted by Gasteiger charge is 2.44.